The average molecular weight is 886 g/mol. The number of benzene rings is 2. The fourth-order valence-corrected chi connectivity index (χ4v) is 11.3. The molecule has 64 heavy (non-hydrogen) atoms. The number of imide groups is 1. The van der Waals surface area contributed by atoms with E-state index in [0.717, 1.165) is 75.4 Å². The summed E-state index contributed by atoms with van der Waals surface area (Å²) in [7, 11) is 0. The van der Waals surface area contributed by atoms with E-state index in [1.165, 1.54) is 15.8 Å². The molecule has 5 aromatic rings. The molecule has 4 aliphatic rings. The average Bonchev–Trinajstić information content (AvgIpc) is 3.78. The first-order chi connectivity index (χ1) is 30.6. The van der Waals surface area contributed by atoms with Gasteiger partial charge < -0.3 is 20.3 Å². The zero-order chi connectivity index (χ0) is 45.1. The van der Waals surface area contributed by atoms with Crippen molar-refractivity contribution >= 4 is 45.9 Å². The van der Waals surface area contributed by atoms with Crippen LogP contribution in [0.4, 0.5) is 5.69 Å². The van der Waals surface area contributed by atoms with Crippen LogP contribution in [-0.4, -0.2) is 102 Å². The normalized spacial score (nSPS) is 22.9. The van der Waals surface area contributed by atoms with Gasteiger partial charge in [0, 0.05) is 79.7 Å². The van der Waals surface area contributed by atoms with Crippen LogP contribution in [0, 0.1) is 28.1 Å². The minimum Gasteiger partial charge on any atom is -0.489 e. The predicted octanol–water partition coefficient (Wildman–Crippen LogP) is 5.80. The van der Waals surface area contributed by atoms with Crippen LogP contribution in [0.15, 0.2) is 71.9 Å². The van der Waals surface area contributed by atoms with Gasteiger partial charge in [0.1, 0.15) is 29.5 Å². The molecule has 3 aromatic heterocycles. The van der Waals surface area contributed by atoms with Crippen LogP contribution in [0.3, 0.4) is 0 Å². The van der Waals surface area contributed by atoms with Gasteiger partial charge in [-0.2, -0.15) is 15.0 Å². The van der Waals surface area contributed by atoms with Crippen molar-refractivity contribution in [1.29, 1.82) is 5.26 Å². The summed E-state index contributed by atoms with van der Waals surface area (Å²) in [6, 6.07) is 14.9. The van der Waals surface area contributed by atoms with Crippen molar-refractivity contribution in [3.63, 3.8) is 0 Å². The lowest BCUT2D eigenvalue weighted by Gasteiger charge is -2.65. The highest BCUT2D eigenvalue weighted by molar-refractivity contribution is 6.31. The van der Waals surface area contributed by atoms with Crippen LogP contribution >= 0.6 is 11.6 Å². The second-order valence-electron chi connectivity index (χ2n) is 19.0. The maximum Gasteiger partial charge on any atom is 0.278 e. The number of carbonyl (C=O) groups excluding carboxylic acids is 3. The monoisotopic (exact) mass is 885 g/mol. The number of anilines is 1. The van der Waals surface area contributed by atoms with E-state index in [-0.39, 0.29) is 23.8 Å². The summed E-state index contributed by atoms with van der Waals surface area (Å²) in [5.74, 6) is -0.213. The molecular weight excluding hydrogens is 834 g/mol. The van der Waals surface area contributed by atoms with Crippen molar-refractivity contribution in [3.8, 4) is 23.1 Å². The molecule has 1 saturated carbocycles. The third kappa shape index (κ3) is 7.78. The Morgan fingerprint density at radius 2 is 1.69 bits per heavy atom. The first-order valence-electron chi connectivity index (χ1n) is 22.0. The molecule has 3 aliphatic heterocycles. The number of hydrogen-bond donors (Lipinski definition) is 1. The molecule has 0 radical (unpaired) electrons. The Morgan fingerprint density at radius 3 is 2.36 bits per heavy atom. The fraction of sp³-hybridized carbons (Fsp3) is 0.468. The molecule has 2 N–H and O–H groups in total. The quantitative estimate of drug-likeness (QED) is 0.166. The Labute approximate surface area is 375 Å². The van der Waals surface area contributed by atoms with Crippen molar-refractivity contribution in [3.05, 3.63) is 93.6 Å². The number of amides is 3. The van der Waals surface area contributed by atoms with Crippen molar-refractivity contribution in [2.75, 3.05) is 37.6 Å². The Kier molecular flexibility index (Phi) is 11.3. The van der Waals surface area contributed by atoms with Gasteiger partial charge >= 0.3 is 0 Å². The highest BCUT2D eigenvalue weighted by Gasteiger charge is 2.68. The molecule has 2 aromatic carbocycles. The number of hydrogen-bond acceptors (Lipinski definition) is 12. The van der Waals surface area contributed by atoms with Gasteiger partial charge in [0.25, 0.3) is 11.5 Å². The number of halogens is 1. The van der Waals surface area contributed by atoms with Gasteiger partial charge in [0.15, 0.2) is 0 Å². The molecule has 1 unspecified atom stereocenters. The largest absolute Gasteiger partial charge is 0.489 e. The molecule has 4 fully saturated rings. The molecule has 3 saturated heterocycles. The Hall–Kier alpha value is -6.18. The summed E-state index contributed by atoms with van der Waals surface area (Å²) < 4.78 is 9.64. The maximum absolute atomic E-state index is 14.4. The second-order valence-corrected chi connectivity index (χ2v) is 19.4. The highest BCUT2D eigenvalue weighted by Crippen LogP contribution is 2.59. The fourth-order valence-electron chi connectivity index (χ4n) is 11.1. The number of aromatic nitrogens is 6. The van der Waals surface area contributed by atoms with Gasteiger partial charge in [-0.3, -0.25) is 33.7 Å². The van der Waals surface area contributed by atoms with E-state index in [2.05, 4.69) is 36.3 Å². The lowest BCUT2D eigenvalue weighted by Crippen LogP contribution is -2.77. The zero-order valence-electron chi connectivity index (χ0n) is 36.5. The molecule has 1 atom stereocenters. The number of pyridine rings is 1. The summed E-state index contributed by atoms with van der Waals surface area (Å²) in [5, 5.41) is 23.3. The number of nitriles is 1. The molecule has 6 heterocycles. The minimum absolute atomic E-state index is 0.0786. The van der Waals surface area contributed by atoms with Crippen molar-refractivity contribution in [1.82, 2.24) is 39.6 Å². The Bertz CT molecular complexity index is 2710. The summed E-state index contributed by atoms with van der Waals surface area (Å²) >= 11 is 6.30. The second kappa shape index (κ2) is 16.7. The number of nitrogens with zero attached hydrogens (tertiary/aromatic N) is 10. The number of piperidine rings is 3. The number of carbonyl (C=O) groups is 3. The van der Waals surface area contributed by atoms with Crippen LogP contribution in [-0.2, 0) is 9.59 Å². The van der Waals surface area contributed by atoms with Gasteiger partial charge in [-0.1, -0.05) is 44.5 Å². The van der Waals surface area contributed by atoms with Crippen LogP contribution < -0.4 is 20.9 Å². The summed E-state index contributed by atoms with van der Waals surface area (Å²) in [5.41, 5.74) is 7.39. The predicted molar refractivity (Wildman–Crippen MR) is 239 cm³/mol. The number of rotatable bonds is 10. The Morgan fingerprint density at radius 1 is 0.938 bits per heavy atom. The molecule has 332 valence electrons. The van der Waals surface area contributed by atoms with E-state index in [1.54, 1.807) is 30.3 Å². The molecule has 17 heteroatoms. The summed E-state index contributed by atoms with van der Waals surface area (Å²) in [4.78, 5) is 64.3. The summed E-state index contributed by atoms with van der Waals surface area (Å²) in [6.45, 7) is 12.6. The van der Waals surface area contributed by atoms with Crippen LogP contribution in [0.1, 0.15) is 94.2 Å². The van der Waals surface area contributed by atoms with Gasteiger partial charge in [0.05, 0.1) is 45.5 Å². The molecule has 3 amide bonds. The number of fused-ring (bicyclic) bond motifs is 1. The van der Waals surface area contributed by atoms with E-state index in [9.17, 15) is 24.4 Å². The summed E-state index contributed by atoms with van der Waals surface area (Å²) in [6.07, 6.45) is 9.25. The lowest BCUT2D eigenvalue weighted by molar-refractivity contribution is -0.216. The van der Waals surface area contributed by atoms with E-state index >= 15 is 0 Å². The number of primary amides is 1. The topological polar surface area (TPSA) is 198 Å². The molecule has 0 spiro atoms. The minimum atomic E-state index is -0.987. The zero-order valence-corrected chi connectivity index (χ0v) is 37.2. The van der Waals surface area contributed by atoms with E-state index in [0.29, 0.717) is 39.7 Å². The van der Waals surface area contributed by atoms with Crippen LogP contribution in [0.5, 0.6) is 5.75 Å². The maximum atomic E-state index is 14.4. The molecule has 16 nitrogen and oxygen atoms in total. The van der Waals surface area contributed by atoms with E-state index in [1.807, 2.05) is 63.0 Å². The molecule has 0 bridgehead atoms. The molecular formula is C47H52ClN11O5. The van der Waals surface area contributed by atoms with Crippen LogP contribution in [0.25, 0.3) is 22.2 Å². The number of nitrogens with two attached hydrogens (primary N) is 1. The highest BCUT2D eigenvalue weighted by atomic mass is 35.5. The van der Waals surface area contributed by atoms with Gasteiger partial charge in [-0.25, -0.2) is 0 Å². The van der Waals surface area contributed by atoms with Gasteiger partial charge in [-0.15, -0.1) is 5.10 Å². The van der Waals surface area contributed by atoms with Crippen molar-refractivity contribution < 1.29 is 19.1 Å². The van der Waals surface area contributed by atoms with E-state index < -0.39 is 46.4 Å². The first-order valence-corrected chi connectivity index (χ1v) is 22.4. The van der Waals surface area contributed by atoms with Gasteiger partial charge in [0.2, 0.25) is 11.8 Å². The number of likely N-dealkylation sites (tertiary alicyclic amines) is 2. The van der Waals surface area contributed by atoms with E-state index in [4.69, 9.17) is 22.1 Å². The third-order valence-electron chi connectivity index (χ3n) is 14.1. The van der Waals surface area contributed by atoms with Crippen molar-refractivity contribution in [2.45, 2.75) is 90.4 Å². The van der Waals surface area contributed by atoms with Gasteiger partial charge in [-0.05, 0) is 80.5 Å². The lowest BCUT2D eigenvalue weighted by atomic mass is 9.48. The standard InChI is InChI=1S/C47H52ClN11O5/c1-46(2)44(47(3,4)45(46)64-34-8-5-29(23-49)36(48)22-34)58-40(60)12-11-39(43(58)63)59-42(62)35-21-33(7-10-38(35)53-54-59)56-19-13-28(14-20-56)26-55-17-15-32(16-18-55)57-27-31(25-52-57)37-9-6-30(24-51-37)41(50)61/h5-10,21-22,24-25,27-28,32,39,44-45H,11-20,26H2,1-4H3,(H2,50,61). The van der Waals surface area contributed by atoms with Crippen molar-refractivity contribution in [2.24, 2.45) is 22.5 Å². The smallest absolute Gasteiger partial charge is 0.278 e. The SMILES string of the molecule is CC1(C)C(Oc2ccc(C#N)c(Cl)c2)C(C)(C)C1N1C(=O)CCC(n2nnc3ccc(N4CCC(CN5CCC(n6cc(-c7ccc(C(N)=O)cn7)cn6)CC5)CC4)cc3c2=O)C1=O. The Balaban J connectivity index is 0.819. The van der Waals surface area contributed by atoms with Crippen LogP contribution in [0.2, 0.25) is 5.02 Å². The first kappa shape index (κ1) is 43.1. The number of ether oxygens (including phenoxy) is 1. The molecule has 1 aliphatic carbocycles. The third-order valence-corrected chi connectivity index (χ3v) is 14.4. The molecule has 9 rings (SSSR count).